The summed E-state index contributed by atoms with van der Waals surface area (Å²) < 4.78 is 5.28. The van der Waals surface area contributed by atoms with E-state index in [2.05, 4.69) is 5.32 Å². The van der Waals surface area contributed by atoms with Crippen LogP contribution in [0.25, 0.3) is 0 Å². The van der Waals surface area contributed by atoms with Crippen molar-refractivity contribution in [2.24, 2.45) is 0 Å². The van der Waals surface area contributed by atoms with E-state index >= 15 is 0 Å². The molecule has 3 rings (SSSR count). The van der Waals surface area contributed by atoms with E-state index in [1.54, 1.807) is 0 Å². The van der Waals surface area contributed by atoms with Crippen molar-refractivity contribution in [3.05, 3.63) is 0 Å². The third-order valence-electron chi connectivity index (χ3n) is 4.23. The van der Waals surface area contributed by atoms with Crippen molar-refractivity contribution in [2.45, 2.75) is 50.1 Å². The lowest BCUT2D eigenvalue weighted by atomic mass is 9.90. The molecule has 1 aliphatic carbocycles. The van der Waals surface area contributed by atoms with Crippen LogP contribution in [0.1, 0.15) is 38.5 Å². The number of hydrogen-bond acceptors (Lipinski definition) is 3. The summed E-state index contributed by atoms with van der Waals surface area (Å²) in [7, 11) is 0. The van der Waals surface area contributed by atoms with Crippen LogP contribution in [-0.4, -0.2) is 41.6 Å². The highest BCUT2D eigenvalue weighted by molar-refractivity contribution is 6.07. The van der Waals surface area contributed by atoms with Crippen LogP contribution in [0.5, 0.6) is 0 Å². The zero-order chi connectivity index (χ0) is 11.9. The Kier molecular flexibility index (Phi) is 2.58. The van der Waals surface area contributed by atoms with Gasteiger partial charge in [-0.25, -0.2) is 4.79 Å². The van der Waals surface area contributed by atoms with Crippen molar-refractivity contribution in [3.63, 3.8) is 0 Å². The molecule has 2 heterocycles. The fourth-order valence-electron chi connectivity index (χ4n) is 3.19. The van der Waals surface area contributed by atoms with Crippen molar-refractivity contribution >= 4 is 11.9 Å². The maximum Gasteiger partial charge on any atom is 0.325 e. The molecule has 0 bridgehead atoms. The Morgan fingerprint density at radius 1 is 1.18 bits per heavy atom. The van der Waals surface area contributed by atoms with Crippen LogP contribution < -0.4 is 5.32 Å². The Morgan fingerprint density at radius 3 is 2.47 bits per heavy atom. The lowest BCUT2D eigenvalue weighted by Crippen LogP contribution is -2.51. The summed E-state index contributed by atoms with van der Waals surface area (Å²) in [5.74, 6) is -0.0160. The van der Waals surface area contributed by atoms with E-state index in [-0.39, 0.29) is 18.0 Å². The third-order valence-corrected chi connectivity index (χ3v) is 4.23. The highest BCUT2D eigenvalue weighted by Crippen LogP contribution is 2.33. The number of rotatable bonds is 1. The smallest absolute Gasteiger partial charge is 0.325 e. The number of imide groups is 1. The molecule has 2 aliphatic heterocycles. The lowest BCUT2D eigenvalue weighted by molar-refractivity contribution is -0.136. The van der Waals surface area contributed by atoms with Gasteiger partial charge in [-0.15, -0.1) is 0 Å². The minimum atomic E-state index is -0.655. The number of carbonyl (C=O) groups is 2. The average molecular weight is 238 g/mol. The van der Waals surface area contributed by atoms with Crippen LogP contribution in [-0.2, 0) is 9.53 Å². The van der Waals surface area contributed by atoms with E-state index in [4.69, 9.17) is 4.74 Å². The number of urea groups is 1. The molecular formula is C12H18N2O3. The fraction of sp³-hybridized carbons (Fsp3) is 0.833. The van der Waals surface area contributed by atoms with Gasteiger partial charge < -0.3 is 10.1 Å². The summed E-state index contributed by atoms with van der Waals surface area (Å²) in [4.78, 5) is 25.9. The minimum absolute atomic E-state index is 0.0160. The topological polar surface area (TPSA) is 58.6 Å². The maximum absolute atomic E-state index is 12.5. The molecule has 94 valence electrons. The summed E-state index contributed by atoms with van der Waals surface area (Å²) in [5.41, 5.74) is -0.655. The monoisotopic (exact) mass is 238 g/mol. The van der Waals surface area contributed by atoms with Crippen molar-refractivity contribution in [2.75, 3.05) is 13.2 Å². The Labute approximate surface area is 100 Å². The first-order valence-electron chi connectivity index (χ1n) is 6.46. The second kappa shape index (κ2) is 3.98. The molecule has 3 amide bonds. The van der Waals surface area contributed by atoms with Crippen molar-refractivity contribution in [3.8, 4) is 0 Å². The van der Waals surface area contributed by atoms with Crippen LogP contribution in [0, 0.1) is 0 Å². The van der Waals surface area contributed by atoms with Gasteiger partial charge in [0.1, 0.15) is 5.54 Å². The number of ether oxygens (including phenoxy) is 1. The molecule has 3 aliphatic rings. The molecule has 5 heteroatoms. The van der Waals surface area contributed by atoms with Gasteiger partial charge in [-0.3, -0.25) is 9.69 Å². The molecule has 0 atom stereocenters. The van der Waals surface area contributed by atoms with E-state index in [9.17, 15) is 9.59 Å². The van der Waals surface area contributed by atoms with Gasteiger partial charge in [0.2, 0.25) is 0 Å². The summed E-state index contributed by atoms with van der Waals surface area (Å²) >= 11 is 0. The first kappa shape index (κ1) is 11.0. The van der Waals surface area contributed by atoms with Crippen molar-refractivity contribution in [1.29, 1.82) is 0 Å². The second-order valence-corrected chi connectivity index (χ2v) is 5.24. The molecule has 1 spiro atoms. The van der Waals surface area contributed by atoms with Gasteiger partial charge in [-0.2, -0.15) is 0 Å². The SMILES string of the molecule is O=C1NC2(CCOCC2)C(=O)N1C1CCCC1. The van der Waals surface area contributed by atoms with E-state index in [1.165, 1.54) is 4.90 Å². The number of amides is 3. The fourth-order valence-corrected chi connectivity index (χ4v) is 3.19. The maximum atomic E-state index is 12.5. The van der Waals surface area contributed by atoms with E-state index in [0.717, 1.165) is 25.7 Å². The third kappa shape index (κ3) is 1.64. The molecule has 2 saturated heterocycles. The van der Waals surface area contributed by atoms with E-state index in [0.29, 0.717) is 26.1 Å². The zero-order valence-electron chi connectivity index (χ0n) is 9.91. The molecule has 1 saturated carbocycles. The largest absolute Gasteiger partial charge is 0.381 e. The van der Waals surface area contributed by atoms with Gasteiger partial charge in [0.25, 0.3) is 5.91 Å². The molecular weight excluding hydrogens is 220 g/mol. The van der Waals surface area contributed by atoms with Crippen LogP contribution in [0.15, 0.2) is 0 Å². The Morgan fingerprint density at radius 2 is 1.82 bits per heavy atom. The summed E-state index contributed by atoms with van der Waals surface area (Å²) in [5, 5.41) is 2.90. The predicted molar refractivity (Wildman–Crippen MR) is 60.4 cm³/mol. The highest BCUT2D eigenvalue weighted by atomic mass is 16.5. The molecule has 0 aromatic heterocycles. The van der Waals surface area contributed by atoms with Gasteiger partial charge in [-0.1, -0.05) is 12.8 Å². The molecule has 0 unspecified atom stereocenters. The zero-order valence-corrected chi connectivity index (χ0v) is 9.91. The summed E-state index contributed by atoms with van der Waals surface area (Å²) in [6.07, 6.45) is 5.40. The predicted octanol–water partition coefficient (Wildman–Crippen LogP) is 1.03. The minimum Gasteiger partial charge on any atom is -0.381 e. The molecule has 1 N–H and O–H groups in total. The normalized spacial score (nSPS) is 29.1. The molecule has 17 heavy (non-hydrogen) atoms. The van der Waals surface area contributed by atoms with Crippen molar-refractivity contribution < 1.29 is 14.3 Å². The highest BCUT2D eigenvalue weighted by Gasteiger charge is 2.53. The van der Waals surface area contributed by atoms with Crippen molar-refractivity contribution in [1.82, 2.24) is 10.2 Å². The van der Waals surface area contributed by atoms with E-state index < -0.39 is 5.54 Å². The Bertz CT molecular complexity index is 344. The Hall–Kier alpha value is -1.10. The second-order valence-electron chi connectivity index (χ2n) is 5.24. The number of carbonyl (C=O) groups excluding carboxylic acids is 2. The van der Waals surface area contributed by atoms with Crippen LogP contribution in [0.4, 0.5) is 4.79 Å². The van der Waals surface area contributed by atoms with Crippen LogP contribution in [0.3, 0.4) is 0 Å². The lowest BCUT2D eigenvalue weighted by Gasteiger charge is -2.31. The first-order valence-corrected chi connectivity index (χ1v) is 6.46. The van der Waals surface area contributed by atoms with E-state index in [1.807, 2.05) is 0 Å². The number of hydrogen-bond donors (Lipinski definition) is 1. The molecule has 0 radical (unpaired) electrons. The number of nitrogens with one attached hydrogen (secondary N) is 1. The van der Waals surface area contributed by atoms with Gasteiger partial charge in [0, 0.05) is 32.1 Å². The van der Waals surface area contributed by atoms with Gasteiger partial charge >= 0.3 is 6.03 Å². The summed E-state index contributed by atoms with van der Waals surface area (Å²) in [6.45, 7) is 1.12. The quantitative estimate of drug-likeness (QED) is 0.694. The standard InChI is InChI=1S/C12H18N2O3/c15-10-12(5-7-17-8-6-12)13-11(16)14(10)9-3-1-2-4-9/h9H,1-8H2,(H,13,16). The summed E-state index contributed by atoms with van der Waals surface area (Å²) in [6, 6.07) is -0.0616. The molecule has 5 nitrogen and oxygen atoms in total. The molecule has 0 aromatic carbocycles. The Balaban J connectivity index is 1.82. The average Bonchev–Trinajstić information content (AvgIpc) is 2.90. The van der Waals surface area contributed by atoms with Crippen LogP contribution >= 0.6 is 0 Å². The number of nitrogens with zero attached hydrogens (tertiary/aromatic N) is 1. The van der Waals surface area contributed by atoms with Gasteiger partial charge in [0.15, 0.2) is 0 Å². The molecule has 3 fully saturated rings. The van der Waals surface area contributed by atoms with Gasteiger partial charge in [0.05, 0.1) is 0 Å². The van der Waals surface area contributed by atoms with Crippen LogP contribution in [0.2, 0.25) is 0 Å². The van der Waals surface area contributed by atoms with Gasteiger partial charge in [-0.05, 0) is 12.8 Å². The first-order chi connectivity index (χ1) is 8.23. The molecule has 0 aromatic rings.